The molecule has 1 aliphatic heterocycles. The van der Waals surface area contributed by atoms with Crippen LogP contribution in [0.15, 0.2) is 24.3 Å². The van der Waals surface area contributed by atoms with E-state index in [2.05, 4.69) is 5.32 Å². The first-order valence-corrected chi connectivity index (χ1v) is 5.80. The minimum Gasteiger partial charge on any atom is -0.497 e. The van der Waals surface area contributed by atoms with E-state index in [-0.39, 0.29) is 11.8 Å². The highest BCUT2D eigenvalue weighted by molar-refractivity contribution is 5.87. The van der Waals surface area contributed by atoms with Crippen LogP contribution in [0.2, 0.25) is 0 Å². The molecule has 1 aromatic carbocycles. The van der Waals surface area contributed by atoms with E-state index in [0.29, 0.717) is 0 Å². The first-order valence-electron chi connectivity index (χ1n) is 5.80. The monoisotopic (exact) mass is 233 g/mol. The van der Waals surface area contributed by atoms with Crippen LogP contribution in [0.25, 0.3) is 0 Å². The maximum Gasteiger partial charge on any atom is 0.314 e. The number of benzene rings is 1. The van der Waals surface area contributed by atoms with Gasteiger partial charge >= 0.3 is 5.97 Å². The summed E-state index contributed by atoms with van der Waals surface area (Å²) in [5.74, 6) is 0.475. The van der Waals surface area contributed by atoms with Crippen molar-refractivity contribution >= 4 is 5.97 Å². The standard InChI is InChI=1S/C13H15NO3/c1-17-9-4-2-3-8(5-9)13(12(15)16)10-6-14-7-11(10)13/h2-5,10-11,14H,6-7H2,1H3,(H,15,16). The van der Waals surface area contributed by atoms with E-state index in [1.165, 1.54) is 0 Å². The number of carboxylic acids is 1. The topological polar surface area (TPSA) is 58.6 Å². The molecule has 2 fully saturated rings. The van der Waals surface area contributed by atoms with Gasteiger partial charge in [0.25, 0.3) is 0 Å². The van der Waals surface area contributed by atoms with Gasteiger partial charge in [-0.2, -0.15) is 0 Å². The molecule has 4 nitrogen and oxygen atoms in total. The smallest absolute Gasteiger partial charge is 0.314 e. The Bertz CT molecular complexity index is 461. The molecule has 2 atom stereocenters. The molecule has 1 aromatic rings. The van der Waals surface area contributed by atoms with Gasteiger partial charge in [0.1, 0.15) is 11.2 Å². The highest BCUT2D eigenvalue weighted by atomic mass is 16.5. The minimum absolute atomic E-state index is 0.229. The minimum atomic E-state index is -0.706. The van der Waals surface area contributed by atoms with Crippen LogP contribution in [0.4, 0.5) is 0 Å². The van der Waals surface area contributed by atoms with Crippen molar-refractivity contribution in [2.45, 2.75) is 5.41 Å². The zero-order valence-electron chi connectivity index (χ0n) is 9.64. The number of hydrogen-bond donors (Lipinski definition) is 2. The third-order valence-electron chi connectivity index (χ3n) is 4.18. The first-order chi connectivity index (χ1) is 8.21. The predicted molar refractivity (Wildman–Crippen MR) is 62.2 cm³/mol. The van der Waals surface area contributed by atoms with Gasteiger partial charge in [-0.1, -0.05) is 12.1 Å². The van der Waals surface area contributed by atoms with E-state index < -0.39 is 11.4 Å². The molecule has 0 spiro atoms. The Labute approximate surface area is 99.6 Å². The molecule has 0 amide bonds. The number of nitrogens with one attached hydrogen (secondary N) is 1. The number of aliphatic carboxylic acids is 1. The second-order valence-corrected chi connectivity index (χ2v) is 4.78. The second kappa shape index (κ2) is 3.47. The summed E-state index contributed by atoms with van der Waals surface area (Å²) < 4.78 is 5.17. The number of methoxy groups -OCH3 is 1. The van der Waals surface area contributed by atoms with Gasteiger partial charge in [-0.15, -0.1) is 0 Å². The summed E-state index contributed by atoms with van der Waals surface area (Å²) in [4.78, 5) is 11.6. The van der Waals surface area contributed by atoms with E-state index >= 15 is 0 Å². The van der Waals surface area contributed by atoms with Crippen LogP contribution in [0, 0.1) is 11.8 Å². The summed E-state index contributed by atoms with van der Waals surface area (Å²) in [5.41, 5.74) is 0.195. The van der Waals surface area contributed by atoms with Crippen molar-refractivity contribution in [1.82, 2.24) is 5.32 Å². The van der Waals surface area contributed by atoms with Gasteiger partial charge in [-0.3, -0.25) is 4.79 Å². The SMILES string of the molecule is COc1cccc(C2(C(=O)O)C3CNCC32)c1. The fraction of sp³-hybridized carbons (Fsp3) is 0.462. The fourth-order valence-corrected chi connectivity index (χ4v) is 3.29. The van der Waals surface area contributed by atoms with Gasteiger partial charge in [-0.25, -0.2) is 0 Å². The van der Waals surface area contributed by atoms with Crippen molar-refractivity contribution in [3.05, 3.63) is 29.8 Å². The second-order valence-electron chi connectivity index (χ2n) is 4.78. The lowest BCUT2D eigenvalue weighted by Crippen LogP contribution is -2.32. The highest BCUT2D eigenvalue weighted by Crippen LogP contribution is 2.62. The summed E-state index contributed by atoms with van der Waals surface area (Å²) in [7, 11) is 1.60. The lowest BCUT2D eigenvalue weighted by Gasteiger charge is -2.17. The molecular formula is C13H15NO3. The van der Waals surface area contributed by atoms with E-state index in [0.717, 1.165) is 24.4 Å². The molecule has 90 valence electrons. The zero-order chi connectivity index (χ0) is 12.0. The fourth-order valence-electron chi connectivity index (χ4n) is 3.29. The van der Waals surface area contributed by atoms with E-state index in [4.69, 9.17) is 4.74 Å². The number of hydrogen-bond acceptors (Lipinski definition) is 3. The first kappa shape index (κ1) is 10.6. The number of piperidine rings is 1. The molecule has 1 saturated heterocycles. The average molecular weight is 233 g/mol. The van der Waals surface area contributed by atoms with E-state index in [1.807, 2.05) is 24.3 Å². The molecule has 2 N–H and O–H groups in total. The Morgan fingerprint density at radius 2 is 2.18 bits per heavy atom. The lowest BCUT2D eigenvalue weighted by molar-refractivity contribution is -0.141. The van der Waals surface area contributed by atoms with Crippen LogP contribution in [-0.4, -0.2) is 31.3 Å². The predicted octanol–water partition coefficient (Wildman–Crippen LogP) is 0.867. The van der Waals surface area contributed by atoms with Crippen LogP contribution >= 0.6 is 0 Å². The number of fused-ring (bicyclic) bond motifs is 1. The average Bonchev–Trinajstić information content (AvgIpc) is 2.73. The molecule has 0 radical (unpaired) electrons. The van der Waals surface area contributed by atoms with Gasteiger partial charge < -0.3 is 15.2 Å². The number of rotatable bonds is 3. The summed E-state index contributed by atoms with van der Waals surface area (Å²) in [6.07, 6.45) is 0. The number of carboxylic acid groups (broad SMARTS) is 1. The summed E-state index contributed by atoms with van der Waals surface area (Å²) >= 11 is 0. The van der Waals surface area contributed by atoms with Crippen molar-refractivity contribution in [3.63, 3.8) is 0 Å². The maximum atomic E-state index is 11.6. The van der Waals surface area contributed by atoms with Crippen LogP contribution in [-0.2, 0) is 10.2 Å². The molecule has 0 bridgehead atoms. The number of ether oxygens (including phenoxy) is 1. The molecular weight excluding hydrogens is 218 g/mol. The summed E-state index contributed by atoms with van der Waals surface area (Å²) in [6.45, 7) is 1.60. The molecule has 4 heteroatoms. The van der Waals surface area contributed by atoms with Crippen LogP contribution in [0.3, 0.4) is 0 Å². The van der Waals surface area contributed by atoms with Crippen LogP contribution < -0.4 is 10.1 Å². The lowest BCUT2D eigenvalue weighted by atomic mass is 9.90. The van der Waals surface area contributed by atoms with Crippen LogP contribution in [0.1, 0.15) is 5.56 Å². The Kier molecular flexibility index (Phi) is 2.16. The van der Waals surface area contributed by atoms with Crippen molar-refractivity contribution in [1.29, 1.82) is 0 Å². The van der Waals surface area contributed by atoms with E-state index in [1.54, 1.807) is 7.11 Å². The molecule has 1 heterocycles. The van der Waals surface area contributed by atoms with Crippen molar-refractivity contribution < 1.29 is 14.6 Å². The van der Waals surface area contributed by atoms with Crippen molar-refractivity contribution in [3.8, 4) is 5.75 Å². The summed E-state index contributed by atoms with van der Waals surface area (Å²) in [6, 6.07) is 7.46. The Hall–Kier alpha value is -1.55. The Balaban J connectivity index is 2.03. The van der Waals surface area contributed by atoms with Gasteiger partial charge in [0.2, 0.25) is 0 Å². The molecule has 3 rings (SSSR count). The number of carbonyl (C=O) groups is 1. The quantitative estimate of drug-likeness (QED) is 0.813. The molecule has 2 unspecified atom stereocenters. The maximum absolute atomic E-state index is 11.6. The molecule has 17 heavy (non-hydrogen) atoms. The molecule has 2 aliphatic rings. The van der Waals surface area contributed by atoms with Crippen LogP contribution in [0.5, 0.6) is 5.75 Å². The largest absolute Gasteiger partial charge is 0.497 e. The highest BCUT2D eigenvalue weighted by Gasteiger charge is 2.72. The normalized spacial score (nSPS) is 34.2. The summed E-state index contributed by atoms with van der Waals surface area (Å²) in [5, 5.41) is 12.8. The Morgan fingerprint density at radius 1 is 1.47 bits per heavy atom. The van der Waals surface area contributed by atoms with E-state index in [9.17, 15) is 9.90 Å². The van der Waals surface area contributed by atoms with Crippen molar-refractivity contribution in [2.75, 3.05) is 20.2 Å². The molecule has 0 aromatic heterocycles. The Morgan fingerprint density at radius 3 is 2.76 bits per heavy atom. The molecule has 1 aliphatic carbocycles. The molecule has 1 saturated carbocycles. The van der Waals surface area contributed by atoms with Gasteiger partial charge in [0.05, 0.1) is 7.11 Å². The van der Waals surface area contributed by atoms with Gasteiger partial charge in [0.15, 0.2) is 0 Å². The van der Waals surface area contributed by atoms with Crippen molar-refractivity contribution in [2.24, 2.45) is 11.8 Å². The zero-order valence-corrected chi connectivity index (χ0v) is 9.64. The van der Waals surface area contributed by atoms with Gasteiger partial charge in [-0.05, 0) is 42.6 Å². The third kappa shape index (κ3) is 1.24. The van der Waals surface area contributed by atoms with Gasteiger partial charge in [0, 0.05) is 0 Å². The third-order valence-corrected chi connectivity index (χ3v) is 4.18.